The third kappa shape index (κ3) is 1.74. The molecule has 1 fully saturated rings. The molecular formula is C17H22ClNO. The van der Waals surface area contributed by atoms with Crippen LogP contribution in [-0.4, -0.2) is 29.6 Å². The van der Waals surface area contributed by atoms with E-state index in [0.717, 1.165) is 12.3 Å². The second-order valence-electron chi connectivity index (χ2n) is 6.80. The summed E-state index contributed by atoms with van der Waals surface area (Å²) in [6.07, 6.45) is 7.26. The number of likely N-dealkylation sites (tertiary alicyclic amines) is 1. The molecule has 0 saturated carbocycles. The molecule has 4 atom stereocenters. The van der Waals surface area contributed by atoms with E-state index in [4.69, 9.17) is 0 Å². The van der Waals surface area contributed by atoms with Gasteiger partial charge >= 0.3 is 0 Å². The van der Waals surface area contributed by atoms with Crippen molar-refractivity contribution in [3.63, 3.8) is 0 Å². The van der Waals surface area contributed by atoms with Gasteiger partial charge in [0.1, 0.15) is 5.75 Å². The van der Waals surface area contributed by atoms with Crippen LogP contribution in [-0.2, 0) is 11.8 Å². The molecule has 1 saturated heterocycles. The number of phenolic OH excluding ortho intramolecular Hbond substituents is 1. The molecule has 3 unspecified atom stereocenters. The van der Waals surface area contributed by atoms with E-state index in [1.807, 2.05) is 12.1 Å². The Labute approximate surface area is 126 Å². The van der Waals surface area contributed by atoms with Gasteiger partial charge in [0.25, 0.3) is 0 Å². The van der Waals surface area contributed by atoms with E-state index in [1.54, 1.807) is 0 Å². The fraction of sp³-hybridized carbons (Fsp3) is 0.529. The predicted octanol–water partition coefficient (Wildman–Crippen LogP) is 3.13. The lowest BCUT2D eigenvalue weighted by molar-refractivity contribution is 0.0431. The van der Waals surface area contributed by atoms with Crippen molar-refractivity contribution in [3.05, 3.63) is 41.5 Å². The molecule has 1 N–H and O–H groups in total. The van der Waals surface area contributed by atoms with Gasteiger partial charge in [-0.15, -0.1) is 12.4 Å². The van der Waals surface area contributed by atoms with Crippen LogP contribution in [0.15, 0.2) is 30.4 Å². The lowest BCUT2D eigenvalue weighted by Gasteiger charge is -2.55. The van der Waals surface area contributed by atoms with Crippen LogP contribution in [0, 0.1) is 11.8 Å². The first kappa shape index (κ1) is 14.0. The van der Waals surface area contributed by atoms with Crippen molar-refractivity contribution in [2.24, 2.45) is 11.8 Å². The maximum Gasteiger partial charge on any atom is 0.115 e. The summed E-state index contributed by atoms with van der Waals surface area (Å²) in [6.45, 7) is 3.55. The Hall–Kier alpha value is -0.990. The fourth-order valence-corrected chi connectivity index (χ4v) is 4.67. The van der Waals surface area contributed by atoms with Gasteiger partial charge in [-0.3, -0.25) is 0 Å². The standard InChI is InChI=1S/C17H21NO.ClH/c1-17-6-5-11-7-15(17)16(18(2)10-11)8-12-3-4-13(19)9-14(12)17;/h3-6,9,11,15-16,19H,7-8,10H2,1-2H3;1H/t11?,15?,16?,17-;/m1./s1. The molecule has 0 spiro atoms. The van der Waals surface area contributed by atoms with Crippen molar-refractivity contribution in [3.8, 4) is 5.75 Å². The van der Waals surface area contributed by atoms with Gasteiger partial charge in [0.05, 0.1) is 0 Å². The molecule has 0 amide bonds. The summed E-state index contributed by atoms with van der Waals surface area (Å²) in [5.41, 5.74) is 2.86. The number of rotatable bonds is 0. The van der Waals surface area contributed by atoms with Crippen LogP contribution in [0.2, 0.25) is 0 Å². The van der Waals surface area contributed by atoms with Gasteiger partial charge < -0.3 is 10.0 Å². The summed E-state index contributed by atoms with van der Waals surface area (Å²) in [6, 6.07) is 6.60. The van der Waals surface area contributed by atoms with Crippen LogP contribution in [0.3, 0.4) is 0 Å². The molecule has 2 bridgehead atoms. The average molecular weight is 292 g/mol. The SMILES string of the molecule is CN1CC2C=C[C@]3(C)c4cc(O)ccc4CC1C3C2.Cl. The molecule has 108 valence electrons. The topological polar surface area (TPSA) is 23.5 Å². The Morgan fingerprint density at radius 3 is 2.95 bits per heavy atom. The van der Waals surface area contributed by atoms with Gasteiger partial charge in [0.15, 0.2) is 0 Å². The van der Waals surface area contributed by atoms with Crippen LogP contribution >= 0.6 is 12.4 Å². The maximum atomic E-state index is 9.84. The number of allylic oxidation sites excluding steroid dienone is 1. The molecule has 1 aromatic rings. The summed E-state index contributed by atoms with van der Waals surface area (Å²) in [7, 11) is 2.27. The first-order valence-corrected chi connectivity index (χ1v) is 7.30. The molecule has 1 aliphatic heterocycles. The Morgan fingerprint density at radius 2 is 2.15 bits per heavy atom. The van der Waals surface area contributed by atoms with Crippen LogP contribution in [0.1, 0.15) is 24.5 Å². The van der Waals surface area contributed by atoms with Gasteiger partial charge in [0, 0.05) is 18.0 Å². The van der Waals surface area contributed by atoms with E-state index in [2.05, 4.69) is 37.1 Å². The van der Waals surface area contributed by atoms with Crippen molar-refractivity contribution in [1.29, 1.82) is 0 Å². The highest BCUT2D eigenvalue weighted by Gasteiger charge is 2.50. The number of fused-ring (bicyclic) bond motifs is 3. The highest BCUT2D eigenvalue weighted by molar-refractivity contribution is 5.85. The number of aromatic hydroxyl groups is 1. The van der Waals surface area contributed by atoms with Crippen molar-refractivity contribution < 1.29 is 5.11 Å². The van der Waals surface area contributed by atoms with Crippen LogP contribution in [0.4, 0.5) is 0 Å². The van der Waals surface area contributed by atoms with Gasteiger partial charge in [0.2, 0.25) is 0 Å². The highest BCUT2D eigenvalue weighted by atomic mass is 35.5. The number of phenols is 1. The number of piperidine rings is 1. The summed E-state index contributed by atoms with van der Waals surface area (Å²) in [5, 5.41) is 9.84. The van der Waals surface area contributed by atoms with E-state index in [-0.39, 0.29) is 17.8 Å². The molecule has 1 heterocycles. The smallest absolute Gasteiger partial charge is 0.115 e. The second kappa shape index (κ2) is 4.51. The number of hydrogen-bond donors (Lipinski definition) is 1. The minimum Gasteiger partial charge on any atom is -0.508 e. The first-order valence-electron chi connectivity index (χ1n) is 7.30. The molecule has 3 aliphatic rings. The first-order chi connectivity index (χ1) is 9.08. The van der Waals surface area contributed by atoms with Crippen LogP contribution in [0.25, 0.3) is 0 Å². The van der Waals surface area contributed by atoms with Crippen LogP contribution < -0.4 is 0 Å². The molecule has 0 radical (unpaired) electrons. The van der Waals surface area contributed by atoms with E-state index < -0.39 is 0 Å². The molecule has 2 aliphatic carbocycles. The summed E-state index contributed by atoms with van der Waals surface area (Å²) >= 11 is 0. The number of nitrogens with zero attached hydrogens (tertiary/aromatic N) is 1. The summed E-state index contributed by atoms with van der Waals surface area (Å²) in [4.78, 5) is 2.55. The fourth-order valence-electron chi connectivity index (χ4n) is 4.67. The maximum absolute atomic E-state index is 9.84. The normalized spacial score (nSPS) is 38.0. The molecular weight excluding hydrogens is 270 g/mol. The van der Waals surface area contributed by atoms with E-state index in [1.165, 1.54) is 24.1 Å². The Kier molecular flexibility index (Phi) is 3.15. The third-order valence-corrected chi connectivity index (χ3v) is 5.70. The molecule has 4 rings (SSSR count). The zero-order valence-electron chi connectivity index (χ0n) is 12.0. The van der Waals surface area contributed by atoms with Gasteiger partial charge in [-0.25, -0.2) is 0 Å². The second-order valence-corrected chi connectivity index (χ2v) is 6.80. The van der Waals surface area contributed by atoms with Crippen molar-refractivity contribution >= 4 is 12.4 Å². The monoisotopic (exact) mass is 291 g/mol. The molecule has 1 aromatic carbocycles. The Balaban J connectivity index is 0.00000121. The van der Waals surface area contributed by atoms with Crippen molar-refractivity contribution in [2.75, 3.05) is 13.6 Å². The third-order valence-electron chi connectivity index (χ3n) is 5.70. The van der Waals surface area contributed by atoms with Crippen molar-refractivity contribution in [1.82, 2.24) is 4.90 Å². The van der Waals surface area contributed by atoms with Gasteiger partial charge in [-0.05, 0) is 55.0 Å². The van der Waals surface area contributed by atoms with Crippen molar-refractivity contribution in [2.45, 2.75) is 31.2 Å². The van der Waals surface area contributed by atoms with Gasteiger partial charge in [-0.1, -0.05) is 25.1 Å². The summed E-state index contributed by atoms with van der Waals surface area (Å²) in [5.74, 6) is 1.81. The Bertz CT molecular complexity index is 570. The van der Waals surface area contributed by atoms with E-state index in [9.17, 15) is 5.11 Å². The van der Waals surface area contributed by atoms with E-state index >= 15 is 0 Å². The zero-order valence-corrected chi connectivity index (χ0v) is 12.9. The minimum absolute atomic E-state index is 0. The molecule has 0 aromatic heterocycles. The lowest BCUT2D eigenvalue weighted by Crippen LogP contribution is -2.57. The number of halogens is 1. The number of benzene rings is 1. The number of hydrogen-bond acceptors (Lipinski definition) is 2. The lowest BCUT2D eigenvalue weighted by atomic mass is 9.56. The van der Waals surface area contributed by atoms with Crippen LogP contribution in [0.5, 0.6) is 5.75 Å². The Morgan fingerprint density at radius 1 is 1.35 bits per heavy atom. The number of likely N-dealkylation sites (N-methyl/N-ethyl adjacent to an activating group) is 1. The highest BCUT2D eigenvalue weighted by Crippen LogP contribution is 2.52. The van der Waals surface area contributed by atoms with Gasteiger partial charge in [-0.2, -0.15) is 0 Å². The largest absolute Gasteiger partial charge is 0.508 e. The quantitative estimate of drug-likeness (QED) is 0.743. The zero-order chi connectivity index (χ0) is 13.2. The predicted molar refractivity (Wildman–Crippen MR) is 83.6 cm³/mol. The average Bonchev–Trinajstić information content (AvgIpc) is 2.39. The molecule has 2 nitrogen and oxygen atoms in total. The van der Waals surface area contributed by atoms with E-state index in [0.29, 0.717) is 17.7 Å². The summed E-state index contributed by atoms with van der Waals surface area (Å²) < 4.78 is 0. The molecule has 3 heteroatoms. The molecule has 20 heavy (non-hydrogen) atoms. The minimum atomic E-state index is 0.